The molecular weight excluding hydrogens is 228 g/mol. The zero-order valence-corrected chi connectivity index (χ0v) is 10.7. The molecule has 1 saturated heterocycles. The van der Waals surface area contributed by atoms with E-state index in [1.165, 1.54) is 11.1 Å². The average Bonchev–Trinajstić information content (AvgIpc) is 2.80. The largest absolute Gasteiger partial charge is 0.481 e. The molecule has 0 saturated carbocycles. The Morgan fingerprint density at radius 3 is 2.94 bits per heavy atom. The molecule has 2 rings (SSSR count). The Hall–Kier alpha value is -1.39. The number of benzene rings is 1. The highest BCUT2D eigenvalue weighted by atomic mass is 16.4. The van der Waals surface area contributed by atoms with E-state index < -0.39 is 5.97 Å². The number of carboxylic acid groups (broad SMARTS) is 1. The fraction of sp³-hybridized carbons (Fsp3) is 0.500. The zero-order valence-electron chi connectivity index (χ0n) is 10.7. The number of nitrogens with two attached hydrogens (primary N) is 1. The SMILES string of the molecule is Cc1cccc([C@H](CN)N2CC[C@H](C(=O)O)C2)c1. The van der Waals surface area contributed by atoms with E-state index in [2.05, 4.69) is 30.0 Å². The summed E-state index contributed by atoms with van der Waals surface area (Å²) in [5.41, 5.74) is 8.26. The Labute approximate surface area is 107 Å². The second-order valence-electron chi connectivity index (χ2n) is 4.98. The number of hydrogen-bond donors (Lipinski definition) is 2. The van der Waals surface area contributed by atoms with Crippen molar-refractivity contribution in [3.63, 3.8) is 0 Å². The summed E-state index contributed by atoms with van der Waals surface area (Å²) in [5, 5.41) is 9.04. The van der Waals surface area contributed by atoms with Gasteiger partial charge in [-0.2, -0.15) is 0 Å². The summed E-state index contributed by atoms with van der Waals surface area (Å²) in [5.74, 6) is -0.943. The van der Waals surface area contributed by atoms with Crippen LogP contribution in [0.3, 0.4) is 0 Å². The van der Waals surface area contributed by atoms with E-state index in [4.69, 9.17) is 10.8 Å². The van der Waals surface area contributed by atoms with Crippen molar-refractivity contribution in [2.24, 2.45) is 11.7 Å². The van der Waals surface area contributed by atoms with Gasteiger partial charge in [-0.1, -0.05) is 29.8 Å². The van der Waals surface area contributed by atoms with Crippen molar-refractivity contribution in [3.8, 4) is 0 Å². The number of aliphatic carboxylic acids is 1. The summed E-state index contributed by atoms with van der Waals surface area (Å²) < 4.78 is 0. The lowest BCUT2D eigenvalue weighted by atomic mass is 10.0. The number of aryl methyl sites for hydroxylation is 1. The first kappa shape index (κ1) is 13.1. The minimum Gasteiger partial charge on any atom is -0.481 e. The van der Waals surface area contributed by atoms with Gasteiger partial charge in [-0.05, 0) is 25.5 Å². The third kappa shape index (κ3) is 2.71. The van der Waals surface area contributed by atoms with Gasteiger partial charge < -0.3 is 10.8 Å². The minimum absolute atomic E-state index is 0.134. The number of rotatable bonds is 4. The van der Waals surface area contributed by atoms with Crippen molar-refractivity contribution in [2.45, 2.75) is 19.4 Å². The van der Waals surface area contributed by atoms with Crippen LogP contribution in [0.4, 0.5) is 0 Å². The fourth-order valence-electron chi connectivity index (χ4n) is 2.65. The van der Waals surface area contributed by atoms with Crippen LogP contribution >= 0.6 is 0 Å². The summed E-state index contributed by atoms with van der Waals surface area (Å²) >= 11 is 0. The maximum absolute atomic E-state index is 11.0. The normalized spacial score (nSPS) is 22.0. The summed E-state index contributed by atoms with van der Waals surface area (Å²) in [6, 6.07) is 8.41. The van der Waals surface area contributed by atoms with E-state index in [0.29, 0.717) is 13.1 Å². The minimum atomic E-state index is -0.697. The molecule has 1 fully saturated rings. The number of carboxylic acids is 1. The van der Waals surface area contributed by atoms with Crippen LogP contribution in [0.15, 0.2) is 24.3 Å². The highest BCUT2D eigenvalue weighted by Crippen LogP contribution is 2.27. The second kappa shape index (κ2) is 5.50. The van der Waals surface area contributed by atoms with Crippen LogP contribution in [0.25, 0.3) is 0 Å². The number of carbonyl (C=O) groups is 1. The molecule has 3 N–H and O–H groups in total. The van der Waals surface area contributed by atoms with Crippen molar-refractivity contribution in [1.29, 1.82) is 0 Å². The van der Waals surface area contributed by atoms with Gasteiger partial charge in [0.2, 0.25) is 0 Å². The highest BCUT2D eigenvalue weighted by Gasteiger charge is 2.32. The van der Waals surface area contributed by atoms with Crippen LogP contribution in [0.5, 0.6) is 0 Å². The lowest BCUT2D eigenvalue weighted by Crippen LogP contribution is -2.32. The molecule has 1 aliphatic rings. The molecule has 0 unspecified atom stereocenters. The molecule has 1 aromatic rings. The molecule has 1 aliphatic heterocycles. The van der Waals surface area contributed by atoms with Gasteiger partial charge in [-0.3, -0.25) is 9.69 Å². The van der Waals surface area contributed by atoms with E-state index in [9.17, 15) is 4.79 Å². The molecule has 0 aromatic heterocycles. The standard InChI is InChI=1S/C14H20N2O2/c1-10-3-2-4-11(7-10)13(8-15)16-6-5-12(9-16)14(17)18/h2-4,7,12-13H,5-6,8-9,15H2,1H3,(H,17,18)/t12-,13-/m0/s1. The average molecular weight is 248 g/mol. The molecule has 0 radical (unpaired) electrons. The molecule has 0 amide bonds. The topological polar surface area (TPSA) is 66.6 Å². The first-order chi connectivity index (χ1) is 8.61. The zero-order chi connectivity index (χ0) is 13.1. The predicted octanol–water partition coefficient (Wildman–Crippen LogP) is 1.40. The summed E-state index contributed by atoms with van der Waals surface area (Å²) in [6.45, 7) is 3.99. The van der Waals surface area contributed by atoms with Crippen LogP contribution in [0.1, 0.15) is 23.6 Å². The molecule has 0 spiro atoms. The lowest BCUT2D eigenvalue weighted by Gasteiger charge is -2.27. The van der Waals surface area contributed by atoms with Crippen molar-refractivity contribution in [1.82, 2.24) is 4.90 Å². The molecule has 4 nitrogen and oxygen atoms in total. The fourth-order valence-corrected chi connectivity index (χ4v) is 2.65. The maximum Gasteiger partial charge on any atom is 0.307 e. The van der Waals surface area contributed by atoms with Gasteiger partial charge in [-0.15, -0.1) is 0 Å². The van der Waals surface area contributed by atoms with Crippen LogP contribution in [-0.2, 0) is 4.79 Å². The Morgan fingerprint density at radius 1 is 1.61 bits per heavy atom. The third-order valence-electron chi connectivity index (χ3n) is 3.66. The van der Waals surface area contributed by atoms with Gasteiger partial charge >= 0.3 is 5.97 Å². The Bertz CT molecular complexity index is 434. The van der Waals surface area contributed by atoms with Crippen molar-refractivity contribution in [2.75, 3.05) is 19.6 Å². The van der Waals surface area contributed by atoms with Crippen LogP contribution in [-0.4, -0.2) is 35.6 Å². The molecule has 1 heterocycles. The van der Waals surface area contributed by atoms with Crippen molar-refractivity contribution in [3.05, 3.63) is 35.4 Å². The molecule has 2 atom stereocenters. The predicted molar refractivity (Wildman–Crippen MR) is 70.3 cm³/mol. The number of nitrogens with zero attached hydrogens (tertiary/aromatic N) is 1. The first-order valence-electron chi connectivity index (χ1n) is 6.35. The van der Waals surface area contributed by atoms with Crippen LogP contribution in [0.2, 0.25) is 0 Å². The van der Waals surface area contributed by atoms with E-state index in [1.807, 2.05) is 6.07 Å². The lowest BCUT2D eigenvalue weighted by molar-refractivity contribution is -0.141. The molecule has 0 aliphatic carbocycles. The Kier molecular flexibility index (Phi) is 3.99. The van der Waals surface area contributed by atoms with Gasteiger partial charge in [-0.25, -0.2) is 0 Å². The van der Waals surface area contributed by atoms with Gasteiger partial charge in [0.15, 0.2) is 0 Å². The second-order valence-corrected chi connectivity index (χ2v) is 4.98. The van der Waals surface area contributed by atoms with Crippen LogP contribution in [0, 0.1) is 12.8 Å². The third-order valence-corrected chi connectivity index (χ3v) is 3.66. The smallest absolute Gasteiger partial charge is 0.307 e. The maximum atomic E-state index is 11.0. The van der Waals surface area contributed by atoms with E-state index >= 15 is 0 Å². The van der Waals surface area contributed by atoms with Gasteiger partial charge in [0.25, 0.3) is 0 Å². The monoisotopic (exact) mass is 248 g/mol. The summed E-state index contributed by atoms with van der Waals surface area (Å²) in [6.07, 6.45) is 0.720. The molecule has 1 aromatic carbocycles. The van der Waals surface area contributed by atoms with E-state index in [-0.39, 0.29) is 12.0 Å². The summed E-state index contributed by atoms with van der Waals surface area (Å²) in [4.78, 5) is 13.2. The number of hydrogen-bond acceptors (Lipinski definition) is 3. The van der Waals surface area contributed by atoms with E-state index in [1.54, 1.807) is 0 Å². The Balaban J connectivity index is 2.13. The molecule has 18 heavy (non-hydrogen) atoms. The first-order valence-corrected chi connectivity index (χ1v) is 6.35. The van der Waals surface area contributed by atoms with E-state index in [0.717, 1.165) is 13.0 Å². The Morgan fingerprint density at radius 2 is 2.39 bits per heavy atom. The quantitative estimate of drug-likeness (QED) is 0.845. The number of likely N-dealkylation sites (tertiary alicyclic amines) is 1. The molecule has 0 bridgehead atoms. The van der Waals surface area contributed by atoms with Gasteiger partial charge in [0, 0.05) is 19.1 Å². The van der Waals surface area contributed by atoms with Crippen molar-refractivity contribution < 1.29 is 9.90 Å². The highest BCUT2D eigenvalue weighted by molar-refractivity contribution is 5.70. The van der Waals surface area contributed by atoms with Gasteiger partial charge in [0.05, 0.1) is 5.92 Å². The van der Waals surface area contributed by atoms with Crippen molar-refractivity contribution >= 4 is 5.97 Å². The van der Waals surface area contributed by atoms with Crippen LogP contribution < -0.4 is 5.73 Å². The summed E-state index contributed by atoms with van der Waals surface area (Å²) in [7, 11) is 0. The molecule has 4 heteroatoms. The molecular formula is C14H20N2O2. The van der Waals surface area contributed by atoms with Gasteiger partial charge in [0.1, 0.15) is 0 Å². The molecule has 98 valence electrons.